The molecule has 0 unspecified atom stereocenters. The molecule has 0 heterocycles. The van der Waals surface area contributed by atoms with E-state index in [9.17, 15) is 14.4 Å². The maximum atomic E-state index is 12.1. The van der Waals surface area contributed by atoms with Crippen LogP contribution in [0.1, 0.15) is 34.6 Å². The number of amides is 1. The third kappa shape index (κ3) is 4.76. The van der Waals surface area contributed by atoms with Gasteiger partial charge in [-0.3, -0.25) is 9.59 Å². The fraction of sp³-hybridized carbons (Fsp3) is 0.167. The molecule has 1 atom stereocenters. The van der Waals surface area contributed by atoms with E-state index in [0.717, 1.165) is 4.47 Å². The van der Waals surface area contributed by atoms with E-state index in [4.69, 9.17) is 4.74 Å². The van der Waals surface area contributed by atoms with Gasteiger partial charge in [0.15, 0.2) is 11.9 Å². The van der Waals surface area contributed by atoms with E-state index in [1.807, 2.05) is 0 Å². The minimum Gasteiger partial charge on any atom is -0.449 e. The summed E-state index contributed by atoms with van der Waals surface area (Å²) in [6.45, 7) is 2.96. The van der Waals surface area contributed by atoms with E-state index in [2.05, 4.69) is 21.2 Å². The molecular weight excluding hydrogens is 374 g/mol. The lowest BCUT2D eigenvalue weighted by Crippen LogP contribution is -2.30. The molecule has 24 heavy (non-hydrogen) atoms. The summed E-state index contributed by atoms with van der Waals surface area (Å²) in [4.78, 5) is 35.3. The number of hydrogen-bond acceptors (Lipinski definition) is 4. The zero-order chi connectivity index (χ0) is 17.7. The summed E-state index contributed by atoms with van der Waals surface area (Å²) in [7, 11) is 0. The monoisotopic (exact) mass is 389 g/mol. The molecule has 5 nitrogen and oxygen atoms in total. The molecule has 2 aromatic carbocycles. The summed E-state index contributed by atoms with van der Waals surface area (Å²) >= 11 is 3.27. The van der Waals surface area contributed by atoms with Gasteiger partial charge in [0.05, 0.1) is 5.56 Å². The average Bonchev–Trinajstić information content (AvgIpc) is 2.55. The van der Waals surface area contributed by atoms with Crippen LogP contribution in [0.15, 0.2) is 53.0 Å². The lowest BCUT2D eigenvalue weighted by atomic mass is 10.1. The molecule has 1 amide bonds. The summed E-state index contributed by atoms with van der Waals surface area (Å²) in [6, 6.07) is 13.2. The minimum absolute atomic E-state index is 0.0517. The fourth-order valence-electron chi connectivity index (χ4n) is 1.93. The van der Waals surface area contributed by atoms with Gasteiger partial charge in [-0.05, 0) is 56.3 Å². The van der Waals surface area contributed by atoms with E-state index in [0.29, 0.717) is 16.8 Å². The van der Waals surface area contributed by atoms with Crippen molar-refractivity contribution in [1.29, 1.82) is 0 Å². The van der Waals surface area contributed by atoms with Crippen LogP contribution in [0.2, 0.25) is 0 Å². The second-order valence-electron chi connectivity index (χ2n) is 5.18. The molecule has 0 aromatic heterocycles. The topological polar surface area (TPSA) is 72.5 Å². The Morgan fingerprint density at radius 1 is 1.04 bits per heavy atom. The highest BCUT2D eigenvalue weighted by atomic mass is 79.9. The standard InChI is InChI=1S/C18H16BrNO4/c1-11(21)13-6-8-16(9-7-13)20-17(22)12(2)24-18(23)14-4-3-5-15(19)10-14/h3-10,12H,1-2H3,(H,20,22)/t12-/m0/s1. The van der Waals surface area contributed by atoms with Crippen LogP contribution in [-0.2, 0) is 9.53 Å². The molecule has 0 fully saturated rings. The largest absolute Gasteiger partial charge is 0.449 e. The second kappa shape index (κ2) is 7.88. The first-order valence-electron chi connectivity index (χ1n) is 7.25. The van der Waals surface area contributed by atoms with Crippen LogP contribution in [-0.4, -0.2) is 23.8 Å². The van der Waals surface area contributed by atoms with Gasteiger partial charge in [0, 0.05) is 15.7 Å². The molecule has 0 radical (unpaired) electrons. The third-order valence-corrected chi connectivity index (χ3v) is 3.77. The Kier molecular flexibility index (Phi) is 5.87. The van der Waals surface area contributed by atoms with Crippen molar-refractivity contribution < 1.29 is 19.1 Å². The molecule has 0 bridgehead atoms. The number of anilines is 1. The number of esters is 1. The maximum absolute atomic E-state index is 12.1. The molecule has 1 N–H and O–H groups in total. The van der Waals surface area contributed by atoms with Crippen LogP contribution in [0.4, 0.5) is 5.69 Å². The van der Waals surface area contributed by atoms with Crippen molar-refractivity contribution in [3.8, 4) is 0 Å². The number of benzene rings is 2. The average molecular weight is 390 g/mol. The molecule has 2 rings (SSSR count). The summed E-state index contributed by atoms with van der Waals surface area (Å²) in [5.41, 5.74) is 1.44. The zero-order valence-electron chi connectivity index (χ0n) is 13.2. The zero-order valence-corrected chi connectivity index (χ0v) is 14.8. The third-order valence-electron chi connectivity index (χ3n) is 3.27. The second-order valence-corrected chi connectivity index (χ2v) is 6.10. The molecule has 0 saturated heterocycles. The van der Waals surface area contributed by atoms with Gasteiger partial charge >= 0.3 is 5.97 Å². The summed E-state index contributed by atoms with van der Waals surface area (Å²) in [5, 5.41) is 2.64. The molecule has 0 aliphatic rings. The van der Waals surface area contributed by atoms with Gasteiger partial charge in [-0.1, -0.05) is 22.0 Å². The van der Waals surface area contributed by atoms with Crippen molar-refractivity contribution in [2.45, 2.75) is 20.0 Å². The first kappa shape index (κ1) is 17.9. The number of ketones is 1. The van der Waals surface area contributed by atoms with Gasteiger partial charge in [-0.2, -0.15) is 0 Å². The Balaban J connectivity index is 1.96. The predicted octanol–water partition coefficient (Wildman–Crippen LogP) is 3.84. The van der Waals surface area contributed by atoms with Gasteiger partial charge in [-0.25, -0.2) is 4.79 Å². The number of nitrogens with one attached hydrogen (secondary N) is 1. The van der Waals surface area contributed by atoms with Gasteiger partial charge in [0.1, 0.15) is 0 Å². The number of halogens is 1. The van der Waals surface area contributed by atoms with Crippen LogP contribution < -0.4 is 5.32 Å². The number of carbonyl (C=O) groups is 3. The van der Waals surface area contributed by atoms with Crippen LogP contribution >= 0.6 is 15.9 Å². The van der Waals surface area contributed by atoms with E-state index >= 15 is 0 Å². The highest BCUT2D eigenvalue weighted by molar-refractivity contribution is 9.10. The minimum atomic E-state index is -0.955. The molecule has 0 spiro atoms. The van der Waals surface area contributed by atoms with E-state index in [1.54, 1.807) is 48.5 Å². The van der Waals surface area contributed by atoms with Crippen LogP contribution in [0.5, 0.6) is 0 Å². The molecule has 0 saturated carbocycles. The number of rotatable bonds is 5. The molecule has 6 heteroatoms. The van der Waals surface area contributed by atoms with Crippen molar-refractivity contribution in [3.05, 3.63) is 64.1 Å². The fourth-order valence-corrected chi connectivity index (χ4v) is 2.33. The van der Waals surface area contributed by atoms with E-state index in [-0.39, 0.29) is 5.78 Å². The Morgan fingerprint density at radius 3 is 2.29 bits per heavy atom. The van der Waals surface area contributed by atoms with Crippen molar-refractivity contribution in [3.63, 3.8) is 0 Å². The van der Waals surface area contributed by atoms with Crippen molar-refractivity contribution in [2.24, 2.45) is 0 Å². The SMILES string of the molecule is CC(=O)c1ccc(NC(=O)[C@H](C)OC(=O)c2cccc(Br)c2)cc1. The van der Waals surface area contributed by atoms with E-state index in [1.165, 1.54) is 13.8 Å². The Labute approximate surface area is 148 Å². The molecule has 124 valence electrons. The number of ether oxygens (including phenoxy) is 1. The molecule has 2 aromatic rings. The number of carbonyl (C=O) groups excluding carboxylic acids is 3. The Hall–Kier alpha value is -2.47. The summed E-state index contributed by atoms with van der Waals surface area (Å²) in [6.07, 6.45) is -0.955. The lowest BCUT2D eigenvalue weighted by Gasteiger charge is -2.14. The quantitative estimate of drug-likeness (QED) is 0.622. The Morgan fingerprint density at radius 2 is 1.71 bits per heavy atom. The van der Waals surface area contributed by atoms with Gasteiger partial charge in [0.25, 0.3) is 5.91 Å². The van der Waals surface area contributed by atoms with Crippen molar-refractivity contribution >= 4 is 39.3 Å². The first-order valence-corrected chi connectivity index (χ1v) is 8.04. The maximum Gasteiger partial charge on any atom is 0.338 e. The first-order chi connectivity index (χ1) is 11.4. The summed E-state index contributed by atoms with van der Waals surface area (Å²) in [5.74, 6) is -1.08. The number of Topliss-reactive ketones (excluding diaryl/α,β-unsaturated/α-hetero) is 1. The predicted molar refractivity (Wildman–Crippen MR) is 94.1 cm³/mol. The normalized spacial score (nSPS) is 11.5. The summed E-state index contributed by atoms with van der Waals surface area (Å²) < 4.78 is 5.91. The van der Waals surface area contributed by atoms with Gasteiger partial charge in [-0.15, -0.1) is 0 Å². The smallest absolute Gasteiger partial charge is 0.338 e. The van der Waals surface area contributed by atoms with Crippen molar-refractivity contribution in [2.75, 3.05) is 5.32 Å². The van der Waals surface area contributed by atoms with Crippen LogP contribution in [0, 0.1) is 0 Å². The van der Waals surface area contributed by atoms with Gasteiger partial charge < -0.3 is 10.1 Å². The van der Waals surface area contributed by atoms with E-state index < -0.39 is 18.0 Å². The van der Waals surface area contributed by atoms with Gasteiger partial charge in [0.2, 0.25) is 0 Å². The number of hydrogen-bond donors (Lipinski definition) is 1. The molecule has 0 aliphatic carbocycles. The Bertz CT molecular complexity index is 771. The van der Waals surface area contributed by atoms with Crippen molar-refractivity contribution in [1.82, 2.24) is 0 Å². The molecular formula is C18H16BrNO4. The van der Waals surface area contributed by atoms with Crippen LogP contribution in [0.3, 0.4) is 0 Å². The molecule has 0 aliphatic heterocycles. The lowest BCUT2D eigenvalue weighted by molar-refractivity contribution is -0.123. The van der Waals surface area contributed by atoms with Crippen LogP contribution in [0.25, 0.3) is 0 Å². The highest BCUT2D eigenvalue weighted by Crippen LogP contribution is 2.14. The highest BCUT2D eigenvalue weighted by Gasteiger charge is 2.19.